The van der Waals surface area contributed by atoms with E-state index in [0.717, 1.165) is 19.4 Å². The Kier molecular flexibility index (Phi) is 4.15. The van der Waals surface area contributed by atoms with E-state index in [9.17, 15) is 9.18 Å². The van der Waals surface area contributed by atoms with Crippen LogP contribution in [0.15, 0.2) is 28.8 Å². The van der Waals surface area contributed by atoms with Gasteiger partial charge < -0.3 is 9.63 Å². The van der Waals surface area contributed by atoms with Crippen molar-refractivity contribution in [2.75, 3.05) is 19.6 Å². The number of carboxylic acid groups (broad SMARTS) is 1. The van der Waals surface area contributed by atoms with Crippen molar-refractivity contribution in [2.45, 2.75) is 18.8 Å². The van der Waals surface area contributed by atoms with Crippen LogP contribution in [0.2, 0.25) is 0 Å². The fourth-order valence-corrected chi connectivity index (χ4v) is 2.74. The number of carbonyl (C=O) groups is 1. The molecule has 1 atom stereocenters. The second-order valence-electron chi connectivity index (χ2n) is 5.43. The summed E-state index contributed by atoms with van der Waals surface area (Å²) in [5, 5.41) is 12.8. The molecule has 0 amide bonds. The monoisotopic (exact) mass is 305 g/mol. The third kappa shape index (κ3) is 3.30. The van der Waals surface area contributed by atoms with Gasteiger partial charge in [-0.25, -0.2) is 4.39 Å². The van der Waals surface area contributed by atoms with Crippen molar-refractivity contribution in [1.29, 1.82) is 0 Å². The van der Waals surface area contributed by atoms with Crippen molar-refractivity contribution in [3.8, 4) is 11.4 Å². The number of piperidine rings is 1. The Hall–Kier alpha value is -2.28. The molecule has 1 aromatic heterocycles. The normalized spacial score (nSPS) is 19.2. The highest BCUT2D eigenvalue weighted by atomic mass is 19.1. The van der Waals surface area contributed by atoms with E-state index in [1.54, 1.807) is 12.1 Å². The van der Waals surface area contributed by atoms with Gasteiger partial charge in [0.1, 0.15) is 5.82 Å². The number of nitrogens with zero attached hydrogens (tertiary/aromatic N) is 3. The van der Waals surface area contributed by atoms with Gasteiger partial charge in [0, 0.05) is 12.1 Å². The Labute approximate surface area is 126 Å². The fraction of sp³-hybridized carbons (Fsp3) is 0.400. The Morgan fingerprint density at radius 1 is 1.50 bits per heavy atom. The van der Waals surface area contributed by atoms with E-state index in [1.807, 2.05) is 4.90 Å². The number of hydrogen-bond donors (Lipinski definition) is 1. The summed E-state index contributed by atoms with van der Waals surface area (Å²) in [5.74, 6) is -0.345. The summed E-state index contributed by atoms with van der Waals surface area (Å²) in [5.41, 5.74) is 0.563. The number of rotatable bonds is 4. The van der Waals surface area contributed by atoms with Crippen LogP contribution in [0.25, 0.3) is 11.4 Å². The molecule has 1 aliphatic heterocycles. The highest BCUT2D eigenvalue weighted by Crippen LogP contribution is 2.27. The Balaban J connectivity index is 1.74. The van der Waals surface area contributed by atoms with Crippen molar-refractivity contribution >= 4 is 5.97 Å². The van der Waals surface area contributed by atoms with E-state index in [1.165, 1.54) is 12.1 Å². The van der Waals surface area contributed by atoms with Crippen LogP contribution in [0.4, 0.5) is 4.39 Å². The predicted molar refractivity (Wildman–Crippen MR) is 75.7 cm³/mol. The minimum absolute atomic E-state index is 0.0153. The number of halogens is 1. The molecule has 0 spiro atoms. The molecular formula is C15H16FN3O3. The molecular weight excluding hydrogens is 289 g/mol. The second kappa shape index (κ2) is 6.23. The van der Waals surface area contributed by atoms with Gasteiger partial charge >= 0.3 is 5.97 Å². The number of benzene rings is 1. The minimum Gasteiger partial charge on any atom is -0.480 e. The standard InChI is InChI=1S/C15H16FN3O3/c16-12-5-1-3-10(7-12)14-17-15(22-18-14)11-4-2-6-19(8-11)9-13(20)21/h1,3,5,7,11H,2,4,6,8-9H2,(H,20,21)/t11-/m1/s1. The second-order valence-corrected chi connectivity index (χ2v) is 5.43. The Bertz CT molecular complexity index is 674. The van der Waals surface area contributed by atoms with Crippen LogP contribution < -0.4 is 0 Å². The van der Waals surface area contributed by atoms with Crippen molar-refractivity contribution in [3.05, 3.63) is 36.0 Å². The summed E-state index contributed by atoms with van der Waals surface area (Å²) in [4.78, 5) is 17.0. The van der Waals surface area contributed by atoms with E-state index in [-0.39, 0.29) is 18.3 Å². The number of aromatic nitrogens is 2. The summed E-state index contributed by atoms with van der Waals surface area (Å²) in [6.07, 6.45) is 1.76. The zero-order valence-corrected chi connectivity index (χ0v) is 11.9. The summed E-state index contributed by atoms with van der Waals surface area (Å²) >= 11 is 0. The molecule has 6 nitrogen and oxygen atoms in total. The van der Waals surface area contributed by atoms with Gasteiger partial charge in [-0.3, -0.25) is 9.69 Å². The first-order valence-electron chi connectivity index (χ1n) is 7.15. The lowest BCUT2D eigenvalue weighted by Crippen LogP contribution is -2.38. The number of carboxylic acids is 1. The number of aliphatic carboxylic acids is 1. The first-order chi connectivity index (χ1) is 10.6. The quantitative estimate of drug-likeness (QED) is 0.932. The smallest absolute Gasteiger partial charge is 0.317 e. The van der Waals surface area contributed by atoms with Gasteiger partial charge in [0.15, 0.2) is 0 Å². The van der Waals surface area contributed by atoms with Crippen LogP contribution in [-0.2, 0) is 4.79 Å². The van der Waals surface area contributed by atoms with Crippen LogP contribution in [0.1, 0.15) is 24.7 Å². The van der Waals surface area contributed by atoms with Gasteiger partial charge in [0.05, 0.1) is 12.5 Å². The lowest BCUT2D eigenvalue weighted by atomic mass is 9.98. The van der Waals surface area contributed by atoms with Crippen LogP contribution in [-0.4, -0.2) is 45.8 Å². The molecule has 0 bridgehead atoms. The molecule has 0 unspecified atom stereocenters. The molecule has 1 aromatic carbocycles. The van der Waals surface area contributed by atoms with E-state index >= 15 is 0 Å². The zero-order valence-electron chi connectivity index (χ0n) is 11.9. The maximum Gasteiger partial charge on any atom is 0.317 e. The molecule has 1 aliphatic rings. The third-order valence-electron chi connectivity index (χ3n) is 3.74. The van der Waals surface area contributed by atoms with Gasteiger partial charge in [0.2, 0.25) is 11.7 Å². The molecule has 1 saturated heterocycles. The Morgan fingerprint density at radius 2 is 2.36 bits per heavy atom. The van der Waals surface area contributed by atoms with Crippen molar-refractivity contribution in [3.63, 3.8) is 0 Å². The van der Waals surface area contributed by atoms with Crippen LogP contribution in [0.3, 0.4) is 0 Å². The van der Waals surface area contributed by atoms with Gasteiger partial charge in [-0.05, 0) is 31.5 Å². The average Bonchev–Trinajstić information content (AvgIpc) is 2.97. The van der Waals surface area contributed by atoms with Crippen molar-refractivity contribution in [1.82, 2.24) is 15.0 Å². The van der Waals surface area contributed by atoms with E-state index in [0.29, 0.717) is 23.8 Å². The lowest BCUT2D eigenvalue weighted by Gasteiger charge is -2.29. The number of hydrogen-bond acceptors (Lipinski definition) is 5. The third-order valence-corrected chi connectivity index (χ3v) is 3.74. The first kappa shape index (κ1) is 14.6. The zero-order chi connectivity index (χ0) is 15.5. The van der Waals surface area contributed by atoms with Gasteiger partial charge in [-0.2, -0.15) is 4.98 Å². The number of likely N-dealkylation sites (tertiary alicyclic amines) is 1. The summed E-state index contributed by atoms with van der Waals surface area (Å²) in [7, 11) is 0. The highest BCUT2D eigenvalue weighted by Gasteiger charge is 2.27. The Morgan fingerprint density at radius 3 is 3.14 bits per heavy atom. The molecule has 0 aliphatic carbocycles. The van der Waals surface area contributed by atoms with Gasteiger partial charge in [0.25, 0.3) is 0 Å². The molecule has 22 heavy (non-hydrogen) atoms. The molecule has 1 N–H and O–H groups in total. The van der Waals surface area contributed by atoms with E-state index in [4.69, 9.17) is 9.63 Å². The minimum atomic E-state index is -0.841. The fourth-order valence-electron chi connectivity index (χ4n) is 2.74. The maximum absolute atomic E-state index is 13.2. The maximum atomic E-state index is 13.2. The topological polar surface area (TPSA) is 79.5 Å². The molecule has 0 saturated carbocycles. The summed E-state index contributed by atoms with van der Waals surface area (Å²) in [6.45, 7) is 1.35. The molecule has 2 heterocycles. The summed E-state index contributed by atoms with van der Waals surface area (Å²) < 4.78 is 18.5. The molecule has 7 heteroatoms. The molecule has 2 aromatic rings. The molecule has 116 valence electrons. The molecule has 3 rings (SSSR count). The van der Waals surface area contributed by atoms with E-state index < -0.39 is 5.97 Å². The predicted octanol–water partition coefficient (Wildman–Crippen LogP) is 2.14. The summed E-state index contributed by atoms with van der Waals surface area (Å²) in [6, 6.07) is 6.02. The van der Waals surface area contributed by atoms with Gasteiger partial charge in [-0.1, -0.05) is 17.3 Å². The highest BCUT2D eigenvalue weighted by molar-refractivity contribution is 5.69. The van der Waals surface area contributed by atoms with Crippen LogP contribution in [0.5, 0.6) is 0 Å². The van der Waals surface area contributed by atoms with Crippen LogP contribution >= 0.6 is 0 Å². The van der Waals surface area contributed by atoms with Crippen molar-refractivity contribution < 1.29 is 18.8 Å². The van der Waals surface area contributed by atoms with Crippen molar-refractivity contribution in [2.24, 2.45) is 0 Å². The first-order valence-corrected chi connectivity index (χ1v) is 7.15. The van der Waals surface area contributed by atoms with E-state index in [2.05, 4.69) is 10.1 Å². The molecule has 1 fully saturated rings. The van der Waals surface area contributed by atoms with Crippen LogP contribution in [0, 0.1) is 5.82 Å². The lowest BCUT2D eigenvalue weighted by molar-refractivity contribution is -0.138. The van der Waals surface area contributed by atoms with Gasteiger partial charge in [-0.15, -0.1) is 0 Å². The average molecular weight is 305 g/mol. The molecule has 0 radical (unpaired) electrons. The SMILES string of the molecule is O=C(O)CN1CCC[C@@H](c2nc(-c3cccc(F)c3)no2)C1. The largest absolute Gasteiger partial charge is 0.480 e.